The summed E-state index contributed by atoms with van der Waals surface area (Å²) in [5.41, 5.74) is 2.01. The molecule has 0 saturated heterocycles. The Hall–Kier alpha value is -2.14. The van der Waals surface area contributed by atoms with E-state index in [0.717, 1.165) is 12.1 Å². The number of ketones is 1. The molecule has 0 amide bonds. The molecule has 0 bridgehead atoms. The highest BCUT2D eigenvalue weighted by Gasteiger charge is 2.18. The number of carbonyl (C=O) groups excluding carboxylic acids is 1. The lowest BCUT2D eigenvalue weighted by Gasteiger charge is -2.10. The quantitative estimate of drug-likeness (QED) is 0.579. The lowest BCUT2D eigenvalue weighted by molar-refractivity contribution is 0.102. The van der Waals surface area contributed by atoms with E-state index in [0.29, 0.717) is 30.2 Å². The van der Waals surface area contributed by atoms with E-state index in [1.54, 1.807) is 31.0 Å². The van der Waals surface area contributed by atoms with E-state index >= 15 is 0 Å². The molecule has 0 aliphatic rings. The van der Waals surface area contributed by atoms with Crippen molar-refractivity contribution in [2.24, 2.45) is 7.05 Å². The number of rotatable bonds is 7. The predicted octanol–water partition coefficient (Wildman–Crippen LogP) is 2.24. The molecule has 2 rings (SSSR count). The van der Waals surface area contributed by atoms with Crippen LogP contribution in [0.15, 0.2) is 30.3 Å². The van der Waals surface area contributed by atoms with E-state index in [-0.39, 0.29) is 5.78 Å². The van der Waals surface area contributed by atoms with Gasteiger partial charge in [0.25, 0.3) is 0 Å². The fourth-order valence-electron chi connectivity index (χ4n) is 2.06. The minimum atomic E-state index is -0.0854. The Balaban J connectivity index is 2.27. The van der Waals surface area contributed by atoms with Gasteiger partial charge in [-0.3, -0.25) is 9.48 Å². The molecule has 0 atom stereocenters. The van der Waals surface area contributed by atoms with Gasteiger partial charge >= 0.3 is 0 Å². The van der Waals surface area contributed by atoms with Crippen molar-refractivity contribution in [3.05, 3.63) is 47.3 Å². The van der Waals surface area contributed by atoms with E-state index in [4.69, 9.17) is 9.47 Å². The Morgan fingerprint density at radius 2 is 2.05 bits per heavy atom. The maximum atomic E-state index is 12.7. The number of carbonyl (C=O) groups is 1. The highest BCUT2D eigenvalue weighted by molar-refractivity contribution is 6.09. The van der Waals surface area contributed by atoms with Gasteiger partial charge in [0.1, 0.15) is 18.1 Å². The van der Waals surface area contributed by atoms with Crippen LogP contribution in [0, 0.1) is 0 Å². The van der Waals surface area contributed by atoms with E-state index in [2.05, 4.69) is 5.10 Å². The molecule has 2 aromatic rings. The summed E-state index contributed by atoms with van der Waals surface area (Å²) in [4.78, 5) is 12.7. The molecule has 0 radical (unpaired) electrons. The van der Waals surface area contributed by atoms with Gasteiger partial charge < -0.3 is 9.47 Å². The Bertz CT molecular complexity index is 620. The second kappa shape index (κ2) is 7.04. The van der Waals surface area contributed by atoms with Crippen molar-refractivity contribution in [3.8, 4) is 5.75 Å². The first-order chi connectivity index (χ1) is 10.2. The third-order valence-corrected chi connectivity index (χ3v) is 3.20. The largest absolute Gasteiger partial charge is 0.490 e. The second-order valence-electron chi connectivity index (χ2n) is 4.66. The third kappa shape index (κ3) is 3.49. The van der Waals surface area contributed by atoms with Crippen molar-refractivity contribution in [2.45, 2.75) is 13.3 Å². The van der Waals surface area contributed by atoms with Crippen molar-refractivity contribution in [2.75, 3.05) is 20.3 Å². The lowest BCUT2D eigenvalue weighted by Crippen LogP contribution is -2.12. The molecule has 0 aliphatic heterocycles. The van der Waals surface area contributed by atoms with Crippen molar-refractivity contribution in [3.63, 3.8) is 0 Å². The van der Waals surface area contributed by atoms with E-state index in [1.807, 2.05) is 25.1 Å². The van der Waals surface area contributed by atoms with E-state index < -0.39 is 0 Å². The van der Waals surface area contributed by atoms with Crippen LogP contribution in [0.3, 0.4) is 0 Å². The predicted molar refractivity (Wildman–Crippen MR) is 79.8 cm³/mol. The minimum absolute atomic E-state index is 0.0854. The number of para-hydroxylation sites is 1. The highest BCUT2D eigenvalue weighted by atomic mass is 16.5. The Kier molecular flexibility index (Phi) is 5.11. The Morgan fingerprint density at radius 3 is 2.71 bits per heavy atom. The number of nitrogens with zero attached hydrogens (tertiary/aromatic N) is 2. The number of methoxy groups -OCH3 is 1. The maximum Gasteiger partial charge on any atom is 0.214 e. The van der Waals surface area contributed by atoms with Crippen LogP contribution in [0.2, 0.25) is 0 Å². The zero-order valence-electron chi connectivity index (χ0n) is 12.6. The molecule has 5 heteroatoms. The summed E-state index contributed by atoms with van der Waals surface area (Å²) < 4.78 is 12.2. The molecule has 0 N–H and O–H groups in total. The van der Waals surface area contributed by atoms with Crippen LogP contribution in [0.25, 0.3) is 0 Å². The summed E-state index contributed by atoms with van der Waals surface area (Å²) in [6.07, 6.45) is 0.799. The molecule has 1 aromatic heterocycles. The van der Waals surface area contributed by atoms with Crippen LogP contribution < -0.4 is 4.74 Å². The first-order valence-corrected chi connectivity index (χ1v) is 6.95. The maximum absolute atomic E-state index is 12.7. The molecule has 0 spiro atoms. The highest BCUT2D eigenvalue weighted by Crippen LogP contribution is 2.22. The lowest BCUT2D eigenvalue weighted by atomic mass is 10.1. The molecule has 5 nitrogen and oxygen atoms in total. The molecular formula is C16H20N2O3. The van der Waals surface area contributed by atoms with E-state index in [1.165, 1.54) is 0 Å². The zero-order valence-corrected chi connectivity index (χ0v) is 12.6. The van der Waals surface area contributed by atoms with Crippen molar-refractivity contribution in [1.82, 2.24) is 9.78 Å². The van der Waals surface area contributed by atoms with Gasteiger partial charge in [-0.1, -0.05) is 19.1 Å². The molecule has 1 aromatic carbocycles. The average Bonchev–Trinajstić information content (AvgIpc) is 2.88. The van der Waals surface area contributed by atoms with Crippen molar-refractivity contribution in [1.29, 1.82) is 0 Å². The van der Waals surface area contributed by atoms with Gasteiger partial charge in [-0.05, 0) is 24.6 Å². The Labute approximate surface area is 124 Å². The number of aryl methyl sites for hydroxylation is 2. The average molecular weight is 288 g/mol. The normalized spacial score (nSPS) is 10.6. The monoisotopic (exact) mass is 288 g/mol. The fraction of sp³-hybridized carbons (Fsp3) is 0.375. The molecule has 0 fully saturated rings. The number of aromatic nitrogens is 2. The number of ether oxygens (including phenoxy) is 2. The van der Waals surface area contributed by atoms with Gasteiger partial charge in [0.15, 0.2) is 0 Å². The molecule has 112 valence electrons. The fourth-order valence-corrected chi connectivity index (χ4v) is 2.06. The van der Waals surface area contributed by atoms with Crippen LogP contribution >= 0.6 is 0 Å². The van der Waals surface area contributed by atoms with Gasteiger partial charge in [-0.15, -0.1) is 0 Å². The van der Waals surface area contributed by atoms with Gasteiger partial charge in [-0.2, -0.15) is 5.10 Å². The molecule has 21 heavy (non-hydrogen) atoms. The SMILES string of the molecule is CCc1cc(C(=O)c2ccccc2OCCOC)n(C)n1. The summed E-state index contributed by atoms with van der Waals surface area (Å²) >= 11 is 0. The van der Waals surface area contributed by atoms with Crippen LogP contribution in [-0.2, 0) is 18.2 Å². The minimum Gasteiger partial charge on any atom is -0.490 e. The summed E-state index contributed by atoms with van der Waals surface area (Å²) in [6, 6.07) is 9.06. The second-order valence-corrected chi connectivity index (χ2v) is 4.66. The summed E-state index contributed by atoms with van der Waals surface area (Å²) in [5.74, 6) is 0.483. The molecular weight excluding hydrogens is 268 g/mol. The number of hydrogen-bond acceptors (Lipinski definition) is 4. The van der Waals surface area contributed by atoms with Gasteiger partial charge in [0.05, 0.1) is 17.9 Å². The smallest absolute Gasteiger partial charge is 0.214 e. The Morgan fingerprint density at radius 1 is 1.29 bits per heavy atom. The number of hydrogen-bond donors (Lipinski definition) is 0. The topological polar surface area (TPSA) is 53.4 Å². The van der Waals surface area contributed by atoms with Crippen LogP contribution in [-0.4, -0.2) is 35.9 Å². The zero-order chi connectivity index (χ0) is 15.2. The summed E-state index contributed by atoms with van der Waals surface area (Å²) in [5, 5.41) is 4.32. The van der Waals surface area contributed by atoms with E-state index in [9.17, 15) is 4.79 Å². The first-order valence-electron chi connectivity index (χ1n) is 6.95. The van der Waals surface area contributed by atoms with Crippen molar-refractivity contribution < 1.29 is 14.3 Å². The van der Waals surface area contributed by atoms with Gasteiger partial charge in [0.2, 0.25) is 5.78 Å². The molecule has 0 unspecified atom stereocenters. The van der Waals surface area contributed by atoms with Gasteiger partial charge in [-0.25, -0.2) is 0 Å². The van der Waals surface area contributed by atoms with Crippen LogP contribution in [0.5, 0.6) is 5.75 Å². The standard InChI is InChI=1S/C16H20N2O3/c1-4-12-11-14(18(2)17-12)16(19)13-7-5-6-8-15(13)21-10-9-20-3/h5-8,11H,4,9-10H2,1-3H3. The van der Waals surface area contributed by atoms with Crippen LogP contribution in [0.1, 0.15) is 28.7 Å². The van der Waals surface area contributed by atoms with Gasteiger partial charge in [0, 0.05) is 14.2 Å². The molecule has 0 aliphatic carbocycles. The van der Waals surface area contributed by atoms with Crippen molar-refractivity contribution >= 4 is 5.78 Å². The number of benzene rings is 1. The summed E-state index contributed by atoms with van der Waals surface area (Å²) in [6.45, 7) is 2.90. The third-order valence-electron chi connectivity index (χ3n) is 3.20. The summed E-state index contributed by atoms with van der Waals surface area (Å²) in [7, 11) is 3.39. The molecule has 1 heterocycles. The molecule has 0 saturated carbocycles. The van der Waals surface area contributed by atoms with Crippen LogP contribution in [0.4, 0.5) is 0 Å². The first kappa shape index (κ1) is 15.3.